The van der Waals surface area contributed by atoms with Gasteiger partial charge in [-0.15, -0.1) is 0 Å². The molecule has 1 aromatic carbocycles. The molecule has 1 unspecified atom stereocenters. The molecule has 116 valence electrons. The predicted octanol–water partition coefficient (Wildman–Crippen LogP) is 3.96. The Morgan fingerprint density at radius 2 is 2.10 bits per heavy atom. The number of hydrogen-bond donors (Lipinski definition) is 1. The zero-order valence-electron chi connectivity index (χ0n) is 13.4. The number of nitrogens with zero attached hydrogens (tertiary/aromatic N) is 1. The maximum absolute atomic E-state index is 13.0. The van der Waals surface area contributed by atoms with Gasteiger partial charge in [-0.1, -0.05) is 0 Å². The summed E-state index contributed by atoms with van der Waals surface area (Å²) in [4.78, 5) is 0. The quantitative estimate of drug-likeness (QED) is 0.738. The Labute approximate surface area is 127 Å². The van der Waals surface area contributed by atoms with Crippen molar-refractivity contribution in [2.75, 3.05) is 6.61 Å². The van der Waals surface area contributed by atoms with Crippen LogP contribution in [0.3, 0.4) is 0 Å². The first-order valence-electron chi connectivity index (χ1n) is 7.44. The molecule has 0 heterocycles. The summed E-state index contributed by atoms with van der Waals surface area (Å²) in [6.07, 6.45) is 2.56. The summed E-state index contributed by atoms with van der Waals surface area (Å²) in [5.41, 5.74) is 0.318. The maximum Gasteiger partial charge on any atom is 0.123 e. The third-order valence-corrected chi connectivity index (χ3v) is 3.32. The summed E-state index contributed by atoms with van der Waals surface area (Å²) in [5.74, 6) is 0.476. The highest BCUT2D eigenvalue weighted by Crippen LogP contribution is 2.19. The number of unbranched alkanes of at least 4 members (excludes halogenated alkanes) is 1. The normalized spacial score (nSPS) is 13.8. The number of aryl methyl sites for hydroxylation is 1. The summed E-state index contributed by atoms with van der Waals surface area (Å²) in [6, 6.07) is 7.15. The lowest BCUT2D eigenvalue weighted by molar-refractivity contribution is 0.290. The van der Waals surface area contributed by atoms with E-state index >= 15 is 0 Å². The fourth-order valence-corrected chi connectivity index (χ4v) is 2.33. The second-order valence-corrected chi connectivity index (χ2v) is 5.96. The van der Waals surface area contributed by atoms with Crippen molar-refractivity contribution < 1.29 is 9.13 Å². The molecule has 1 aromatic rings. The van der Waals surface area contributed by atoms with E-state index in [1.807, 2.05) is 27.7 Å². The van der Waals surface area contributed by atoms with Gasteiger partial charge in [-0.05, 0) is 70.7 Å². The third-order valence-electron chi connectivity index (χ3n) is 3.32. The molecule has 21 heavy (non-hydrogen) atoms. The number of halogens is 1. The first-order valence-corrected chi connectivity index (χ1v) is 7.44. The fraction of sp³-hybridized carbons (Fsp3) is 0.588. The zero-order chi connectivity index (χ0) is 15.9. The predicted molar refractivity (Wildman–Crippen MR) is 82.8 cm³/mol. The Hall–Kier alpha value is -1.60. The summed E-state index contributed by atoms with van der Waals surface area (Å²) < 4.78 is 18.6. The first kappa shape index (κ1) is 17.5. The minimum atomic E-state index is -0.486. The molecule has 0 fully saturated rings. The van der Waals surface area contributed by atoms with Crippen LogP contribution in [0.2, 0.25) is 0 Å². The summed E-state index contributed by atoms with van der Waals surface area (Å²) in [7, 11) is 0. The van der Waals surface area contributed by atoms with E-state index in [9.17, 15) is 9.65 Å². The SMILES string of the molecule is Cc1cc(F)ccc1OCCCCC(C)(C#N)NC(C)C. The van der Waals surface area contributed by atoms with Gasteiger partial charge in [0.25, 0.3) is 0 Å². The van der Waals surface area contributed by atoms with E-state index in [0.29, 0.717) is 6.61 Å². The molecule has 3 nitrogen and oxygen atoms in total. The van der Waals surface area contributed by atoms with Gasteiger partial charge in [-0.2, -0.15) is 5.26 Å². The van der Waals surface area contributed by atoms with Gasteiger partial charge in [0.2, 0.25) is 0 Å². The van der Waals surface area contributed by atoms with E-state index in [2.05, 4.69) is 11.4 Å². The summed E-state index contributed by atoms with van der Waals surface area (Å²) in [5, 5.41) is 12.5. The molecular formula is C17H25FN2O. The lowest BCUT2D eigenvalue weighted by Crippen LogP contribution is -2.44. The minimum absolute atomic E-state index is 0.246. The highest BCUT2D eigenvalue weighted by molar-refractivity contribution is 5.32. The lowest BCUT2D eigenvalue weighted by atomic mass is 9.96. The van der Waals surface area contributed by atoms with E-state index in [1.54, 1.807) is 6.07 Å². The second kappa shape index (κ2) is 7.99. The molecule has 1 atom stereocenters. The second-order valence-electron chi connectivity index (χ2n) is 5.96. The number of rotatable bonds is 8. The van der Waals surface area contributed by atoms with E-state index in [1.165, 1.54) is 12.1 Å². The minimum Gasteiger partial charge on any atom is -0.493 e. The molecule has 0 amide bonds. The van der Waals surface area contributed by atoms with Crippen molar-refractivity contribution in [3.63, 3.8) is 0 Å². The van der Waals surface area contributed by atoms with E-state index in [4.69, 9.17) is 4.74 Å². The highest BCUT2D eigenvalue weighted by atomic mass is 19.1. The van der Waals surface area contributed by atoms with Crippen molar-refractivity contribution in [1.29, 1.82) is 5.26 Å². The molecule has 0 spiro atoms. The van der Waals surface area contributed by atoms with E-state index < -0.39 is 5.54 Å². The topological polar surface area (TPSA) is 45.0 Å². The smallest absolute Gasteiger partial charge is 0.123 e. The maximum atomic E-state index is 13.0. The Bertz CT molecular complexity index is 496. The highest BCUT2D eigenvalue weighted by Gasteiger charge is 2.23. The van der Waals surface area contributed by atoms with Crippen LogP contribution in [-0.4, -0.2) is 18.2 Å². The van der Waals surface area contributed by atoms with Crippen LogP contribution in [0.25, 0.3) is 0 Å². The lowest BCUT2D eigenvalue weighted by Gasteiger charge is -2.25. The number of nitrogens with one attached hydrogen (secondary N) is 1. The van der Waals surface area contributed by atoms with Crippen LogP contribution in [0.4, 0.5) is 4.39 Å². The van der Waals surface area contributed by atoms with Gasteiger partial charge in [-0.25, -0.2) is 4.39 Å². The third kappa shape index (κ3) is 6.14. The standard InChI is InChI=1S/C17H25FN2O/c1-13(2)20-17(4,12-19)9-5-6-10-21-16-8-7-15(18)11-14(16)3/h7-8,11,13,20H,5-6,9-10H2,1-4H3. The monoisotopic (exact) mass is 292 g/mol. The van der Waals surface area contributed by atoms with Crippen molar-refractivity contribution in [2.24, 2.45) is 0 Å². The van der Waals surface area contributed by atoms with Crippen molar-refractivity contribution in [3.8, 4) is 11.8 Å². The molecular weight excluding hydrogens is 267 g/mol. The molecule has 0 aliphatic heterocycles. The molecule has 0 aliphatic rings. The Kier molecular flexibility index (Phi) is 6.64. The number of hydrogen-bond acceptors (Lipinski definition) is 3. The first-order chi connectivity index (χ1) is 9.86. The molecule has 1 N–H and O–H groups in total. The largest absolute Gasteiger partial charge is 0.493 e. The number of benzene rings is 1. The average molecular weight is 292 g/mol. The summed E-state index contributed by atoms with van der Waals surface area (Å²) in [6.45, 7) is 8.41. The van der Waals surface area contributed by atoms with Crippen LogP contribution in [0.5, 0.6) is 5.75 Å². The molecule has 0 saturated heterocycles. The number of ether oxygens (including phenoxy) is 1. The molecule has 0 bridgehead atoms. The average Bonchev–Trinajstić information content (AvgIpc) is 2.40. The van der Waals surface area contributed by atoms with Crippen molar-refractivity contribution >= 4 is 0 Å². The molecule has 0 aliphatic carbocycles. The van der Waals surface area contributed by atoms with Crippen LogP contribution in [0.1, 0.15) is 45.6 Å². The summed E-state index contributed by atoms with van der Waals surface area (Å²) >= 11 is 0. The molecule has 0 radical (unpaired) electrons. The van der Waals surface area contributed by atoms with Gasteiger partial charge in [-0.3, -0.25) is 5.32 Å². The van der Waals surface area contributed by atoms with Gasteiger partial charge in [0.15, 0.2) is 0 Å². The van der Waals surface area contributed by atoms with Crippen LogP contribution in [0.15, 0.2) is 18.2 Å². The van der Waals surface area contributed by atoms with Gasteiger partial charge in [0.05, 0.1) is 12.7 Å². The van der Waals surface area contributed by atoms with Gasteiger partial charge in [0.1, 0.15) is 17.1 Å². The Morgan fingerprint density at radius 1 is 1.38 bits per heavy atom. The van der Waals surface area contributed by atoms with Gasteiger partial charge >= 0.3 is 0 Å². The molecule has 4 heteroatoms. The molecule has 1 rings (SSSR count). The Balaban J connectivity index is 2.33. The zero-order valence-corrected chi connectivity index (χ0v) is 13.4. The van der Waals surface area contributed by atoms with Crippen LogP contribution >= 0.6 is 0 Å². The van der Waals surface area contributed by atoms with Gasteiger partial charge < -0.3 is 4.74 Å². The van der Waals surface area contributed by atoms with Crippen molar-refractivity contribution in [2.45, 2.75) is 58.5 Å². The van der Waals surface area contributed by atoms with E-state index in [0.717, 1.165) is 30.6 Å². The Morgan fingerprint density at radius 3 is 2.67 bits per heavy atom. The van der Waals surface area contributed by atoms with Gasteiger partial charge in [0, 0.05) is 6.04 Å². The fourth-order valence-electron chi connectivity index (χ4n) is 2.33. The number of nitriles is 1. The molecule has 0 aromatic heterocycles. The van der Waals surface area contributed by atoms with Crippen LogP contribution < -0.4 is 10.1 Å². The molecule has 0 saturated carbocycles. The van der Waals surface area contributed by atoms with Crippen LogP contribution in [0, 0.1) is 24.1 Å². The van der Waals surface area contributed by atoms with E-state index in [-0.39, 0.29) is 11.9 Å². The van der Waals surface area contributed by atoms with Crippen molar-refractivity contribution in [3.05, 3.63) is 29.6 Å². The van der Waals surface area contributed by atoms with Crippen molar-refractivity contribution in [1.82, 2.24) is 5.32 Å². The van der Waals surface area contributed by atoms with Crippen LogP contribution in [-0.2, 0) is 0 Å².